The molecule has 7 heteroatoms. The highest BCUT2D eigenvalue weighted by Crippen LogP contribution is 2.16. The number of carbonyl (C=O) groups is 2. The molecule has 1 aromatic heterocycles. The number of nitrogens with one attached hydrogen (secondary N) is 2. The number of hydrogen-bond acceptors (Lipinski definition) is 4. The first-order chi connectivity index (χ1) is 9.08. The molecule has 0 aromatic carbocycles. The number of piperazine rings is 1. The number of aromatic nitrogens is 1. The predicted octanol–water partition coefficient (Wildman–Crippen LogP) is 0.523. The van der Waals surface area contributed by atoms with E-state index in [1.807, 2.05) is 13.0 Å². The van der Waals surface area contributed by atoms with E-state index in [-0.39, 0.29) is 0 Å². The minimum absolute atomic E-state index is 0.414. The first kappa shape index (κ1) is 14.0. The van der Waals surface area contributed by atoms with Gasteiger partial charge in [-0.15, -0.1) is 0 Å². The molecule has 0 spiro atoms. The van der Waals surface area contributed by atoms with Gasteiger partial charge in [0.05, 0.1) is 0 Å². The minimum Gasteiger partial charge on any atom is -0.332 e. The van der Waals surface area contributed by atoms with Gasteiger partial charge in [0.1, 0.15) is 5.82 Å². The van der Waals surface area contributed by atoms with Gasteiger partial charge in [-0.3, -0.25) is 9.59 Å². The van der Waals surface area contributed by atoms with Gasteiger partial charge in [0.2, 0.25) is 0 Å². The Morgan fingerprint density at radius 2 is 2.11 bits per heavy atom. The second kappa shape index (κ2) is 6.12. The highest BCUT2D eigenvalue weighted by atomic mass is 79.9. The van der Waals surface area contributed by atoms with Crippen LogP contribution in [0.5, 0.6) is 0 Å². The molecule has 0 aliphatic carbocycles. The summed E-state index contributed by atoms with van der Waals surface area (Å²) < 4.78 is 0.830. The maximum absolute atomic E-state index is 11.9. The lowest BCUT2D eigenvalue weighted by molar-refractivity contribution is -0.143. The van der Waals surface area contributed by atoms with E-state index in [0.29, 0.717) is 32.0 Å². The van der Waals surface area contributed by atoms with Crippen LogP contribution in [0.25, 0.3) is 0 Å². The van der Waals surface area contributed by atoms with Gasteiger partial charge < -0.3 is 15.5 Å². The summed E-state index contributed by atoms with van der Waals surface area (Å²) >= 11 is 3.30. The zero-order chi connectivity index (χ0) is 13.8. The number of rotatable bonds is 1. The first-order valence-corrected chi connectivity index (χ1v) is 6.80. The molecule has 0 saturated carbocycles. The van der Waals surface area contributed by atoms with Crippen LogP contribution in [0.1, 0.15) is 5.56 Å². The lowest BCUT2D eigenvalue weighted by Crippen LogP contribution is -2.50. The Kier molecular flexibility index (Phi) is 4.49. The van der Waals surface area contributed by atoms with Gasteiger partial charge in [-0.1, -0.05) is 0 Å². The number of amides is 2. The molecule has 2 rings (SSSR count). The first-order valence-electron chi connectivity index (χ1n) is 6.01. The smallest absolute Gasteiger partial charge is 0.315 e. The second-order valence-electron chi connectivity index (χ2n) is 4.32. The Labute approximate surface area is 119 Å². The third-order valence-corrected chi connectivity index (χ3v) is 3.31. The normalized spacial score (nSPS) is 15.2. The average molecular weight is 327 g/mol. The fourth-order valence-electron chi connectivity index (χ4n) is 1.84. The van der Waals surface area contributed by atoms with E-state index in [1.54, 1.807) is 11.1 Å². The van der Waals surface area contributed by atoms with Crippen LogP contribution < -0.4 is 10.6 Å². The SMILES string of the molecule is Cc1cc(Br)cnc1NC(=O)C(=O)N1CCNCC1. The number of hydrogen-bond donors (Lipinski definition) is 2. The van der Waals surface area contributed by atoms with Crippen molar-refractivity contribution in [1.29, 1.82) is 0 Å². The quantitative estimate of drug-likeness (QED) is 0.738. The van der Waals surface area contributed by atoms with E-state index >= 15 is 0 Å². The molecule has 2 N–H and O–H groups in total. The molecule has 0 bridgehead atoms. The number of carbonyl (C=O) groups excluding carboxylic acids is 2. The summed E-state index contributed by atoms with van der Waals surface area (Å²) in [5.41, 5.74) is 0.802. The summed E-state index contributed by atoms with van der Waals surface area (Å²) in [6.07, 6.45) is 1.58. The summed E-state index contributed by atoms with van der Waals surface area (Å²) in [7, 11) is 0. The summed E-state index contributed by atoms with van der Waals surface area (Å²) in [5, 5.41) is 5.68. The maximum atomic E-state index is 11.9. The molecule has 0 unspecified atom stereocenters. The minimum atomic E-state index is -0.639. The monoisotopic (exact) mass is 326 g/mol. The number of aryl methyl sites for hydroxylation is 1. The number of anilines is 1. The van der Waals surface area contributed by atoms with Crippen molar-refractivity contribution in [1.82, 2.24) is 15.2 Å². The van der Waals surface area contributed by atoms with Crippen molar-refractivity contribution in [3.05, 3.63) is 22.3 Å². The molecule has 0 radical (unpaired) electrons. The van der Waals surface area contributed by atoms with Gasteiger partial charge in [-0.25, -0.2) is 4.98 Å². The molecule has 6 nitrogen and oxygen atoms in total. The largest absolute Gasteiger partial charge is 0.332 e. The summed E-state index contributed by atoms with van der Waals surface area (Å²) in [5.74, 6) is -0.734. The topological polar surface area (TPSA) is 74.3 Å². The number of nitrogens with zero attached hydrogens (tertiary/aromatic N) is 2. The van der Waals surface area contributed by atoms with E-state index in [2.05, 4.69) is 31.5 Å². The van der Waals surface area contributed by atoms with Crippen LogP contribution in [0.3, 0.4) is 0 Å². The van der Waals surface area contributed by atoms with Crippen LogP contribution in [0.4, 0.5) is 5.82 Å². The maximum Gasteiger partial charge on any atom is 0.315 e. The molecule has 0 atom stereocenters. The predicted molar refractivity (Wildman–Crippen MR) is 74.8 cm³/mol. The van der Waals surface area contributed by atoms with Gasteiger partial charge in [-0.05, 0) is 34.5 Å². The zero-order valence-corrected chi connectivity index (χ0v) is 12.2. The van der Waals surface area contributed by atoms with Crippen molar-refractivity contribution < 1.29 is 9.59 Å². The Morgan fingerprint density at radius 1 is 1.42 bits per heavy atom. The summed E-state index contributed by atoms with van der Waals surface area (Å²) in [4.78, 5) is 29.4. The fraction of sp³-hybridized carbons (Fsp3) is 0.417. The molecular formula is C12H15BrN4O2. The molecular weight excluding hydrogens is 312 g/mol. The molecule has 19 heavy (non-hydrogen) atoms. The van der Waals surface area contributed by atoms with Crippen molar-refractivity contribution in [2.45, 2.75) is 6.92 Å². The van der Waals surface area contributed by atoms with E-state index in [0.717, 1.165) is 10.0 Å². The van der Waals surface area contributed by atoms with E-state index < -0.39 is 11.8 Å². The second-order valence-corrected chi connectivity index (χ2v) is 5.23. The molecule has 102 valence electrons. The highest BCUT2D eigenvalue weighted by Gasteiger charge is 2.23. The van der Waals surface area contributed by atoms with Gasteiger partial charge >= 0.3 is 11.8 Å². The number of halogens is 1. The Hall–Kier alpha value is -1.47. The van der Waals surface area contributed by atoms with Crippen LogP contribution in [0, 0.1) is 6.92 Å². The molecule has 1 fully saturated rings. The Balaban J connectivity index is 2.01. The molecule has 2 heterocycles. The lowest BCUT2D eigenvalue weighted by Gasteiger charge is -2.26. The zero-order valence-electron chi connectivity index (χ0n) is 10.6. The van der Waals surface area contributed by atoms with Crippen LogP contribution in [0.2, 0.25) is 0 Å². The van der Waals surface area contributed by atoms with Gasteiger partial charge in [0, 0.05) is 36.8 Å². The number of pyridine rings is 1. The Morgan fingerprint density at radius 3 is 2.74 bits per heavy atom. The standard InChI is InChI=1S/C12H15BrN4O2/c1-8-6-9(13)7-15-10(8)16-11(18)12(19)17-4-2-14-3-5-17/h6-7,14H,2-5H2,1H3,(H,15,16,18). The van der Waals surface area contributed by atoms with Gasteiger partial charge in [0.25, 0.3) is 0 Å². The third kappa shape index (κ3) is 3.51. The molecule has 1 aromatic rings. The van der Waals surface area contributed by atoms with Crippen molar-refractivity contribution >= 4 is 33.6 Å². The molecule has 1 saturated heterocycles. The summed E-state index contributed by atoms with van der Waals surface area (Å²) in [6.45, 7) is 4.36. The average Bonchev–Trinajstić information content (AvgIpc) is 2.42. The third-order valence-electron chi connectivity index (χ3n) is 2.88. The molecule has 1 aliphatic rings. The van der Waals surface area contributed by atoms with E-state index in [1.165, 1.54) is 0 Å². The van der Waals surface area contributed by atoms with Crippen LogP contribution in [-0.2, 0) is 9.59 Å². The van der Waals surface area contributed by atoms with Crippen LogP contribution in [0.15, 0.2) is 16.7 Å². The van der Waals surface area contributed by atoms with Crippen molar-refractivity contribution in [3.8, 4) is 0 Å². The van der Waals surface area contributed by atoms with Gasteiger partial charge in [-0.2, -0.15) is 0 Å². The Bertz CT molecular complexity index is 501. The highest BCUT2D eigenvalue weighted by molar-refractivity contribution is 9.10. The van der Waals surface area contributed by atoms with Crippen LogP contribution >= 0.6 is 15.9 Å². The van der Waals surface area contributed by atoms with Gasteiger partial charge in [0.15, 0.2) is 0 Å². The van der Waals surface area contributed by atoms with Crippen LogP contribution in [-0.4, -0.2) is 47.9 Å². The molecule has 2 amide bonds. The van der Waals surface area contributed by atoms with Crippen molar-refractivity contribution in [2.75, 3.05) is 31.5 Å². The van der Waals surface area contributed by atoms with E-state index in [4.69, 9.17) is 0 Å². The lowest BCUT2D eigenvalue weighted by atomic mass is 10.3. The van der Waals surface area contributed by atoms with Crippen molar-refractivity contribution in [2.24, 2.45) is 0 Å². The summed E-state index contributed by atoms with van der Waals surface area (Å²) in [6, 6.07) is 1.83. The molecule has 1 aliphatic heterocycles. The van der Waals surface area contributed by atoms with E-state index in [9.17, 15) is 9.59 Å². The van der Waals surface area contributed by atoms with Crippen molar-refractivity contribution in [3.63, 3.8) is 0 Å². The fourth-order valence-corrected chi connectivity index (χ4v) is 2.29.